The largest absolute Gasteiger partial charge is 0.392 e. The third-order valence-corrected chi connectivity index (χ3v) is 3.09. The first-order chi connectivity index (χ1) is 7.97. The second kappa shape index (κ2) is 8.45. The lowest BCUT2D eigenvalue weighted by Crippen LogP contribution is -2.14. The fraction of sp³-hybridized carbons (Fsp3) is 0.615. The van der Waals surface area contributed by atoms with Gasteiger partial charge in [0, 0.05) is 17.8 Å². The average Bonchev–Trinajstić information content (AvgIpc) is 2.29. The number of rotatable bonds is 6. The van der Waals surface area contributed by atoms with Crippen LogP contribution in [0.25, 0.3) is 0 Å². The lowest BCUT2D eigenvalue weighted by molar-refractivity contribution is 0.336. The van der Waals surface area contributed by atoms with Crippen LogP contribution >= 0.6 is 11.6 Å². The minimum Gasteiger partial charge on any atom is -0.392 e. The molecule has 0 radical (unpaired) electrons. The summed E-state index contributed by atoms with van der Waals surface area (Å²) in [6.07, 6.45) is 0.952. The van der Waals surface area contributed by atoms with E-state index in [-0.39, 0.29) is 6.61 Å². The minimum absolute atomic E-state index is 0.0890. The number of hydrogen-bond donors (Lipinski definition) is 2. The van der Waals surface area contributed by atoms with Gasteiger partial charge >= 0.3 is 0 Å². The summed E-state index contributed by atoms with van der Waals surface area (Å²) in [4.78, 5) is 4.34. The minimum atomic E-state index is -0.0890. The first-order valence-electron chi connectivity index (χ1n) is 5.82. The van der Waals surface area contributed by atoms with Crippen LogP contribution in [0.2, 0.25) is 0 Å². The van der Waals surface area contributed by atoms with Crippen molar-refractivity contribution in [1.29, 1.82) is 0 Å². The van der Waals surface area contributed by atoms with Gasteiger partial charge in [-0.05, 0) is 34.2 Å². The summed E-state index contributed by atoms with van der Waals surface area (Å²) in [5, 5.41) is 12.7. The van der Waals surface area contributed by atoms with E-state index in [0.29, 0.717) is 17.3 Å². The second-order valence-electron chi connectivity index (χ2n) is 4.07. The zero-order valence-electron chi connectivity index (χ0n) is 11.4. The van der Waals surface area contributed by atoms with Crippen molar-refractivity contribution in [2.24, 2.45) is 4.99 Å². The SMILES string of the molecule is CCC(C)=C(C)N=C(Cl)/C(CO)=C(\C)CNC. The van der Waals surface area contributed by atoms with E-state index >= 15 is 0 Å². The molecule has 0 amide bonds. The summed E-state index contributed by atoms with van der Waals surface area (Å²) >= 11 is 6.14. The van der Waals surface area contributed by atoms with Crippen molar-refractivity contribution in [3.05, 3.63) is 22.4 Å². The number of hydrogen-bond acceptors (Lipinski definition) is 3. The van der Waals surface area contributed by atoms with Crippen LogP contribution in [0.4, 0.5) is 0 Å². The fourth-order valence-corrected chi connectivity index (χ4v) is 1.66. The lowest BCUT2D eigenvalue weighted by Gasteiger charge is -2.09. The van der Waals surface area contributed by atoms with Crippen molar-refractivity contribution < 1.29 is 5.11 Å². The van der Waals surface area contributed by atoms with Gasteiger partial charge in [0.25, 0.3) is 0 Å². The molecular weight excluding hydrogens is 236 g/mol. The van der Waals surface area contributed by atoms with Gasteiger partial charge in [-0.3, -0.25) is 0 Å². The van der Waals surface area contributed by atoms with E-state index < -0.39 is 0 Å². The Hall–Kier alpha value is -0.640. The Morgan fingerprint density at radius 3 is 2.24 bits per heavy atom. The molecule has 0 aromatic carbocycles. The molecule has 2 N–H and O–H groups in total. The van der Waals surface area contributed by atoms with E-state index in [1.54, 1.807) is 0 Å². The molecule has 0 unspecified atom stereocenters. The molecule has 98 valence electrons. The maximum Gasteiger partial charge on any atom is 0.134 e. The first-order valence-corrected chi connectivity index (χ1v) is 6.20. The molecule has 0 aliphatic heterocycles. The monoisotopic (exact) mass is 258 g/mol. The number of nitrogens with one attached hydrogen (secondary N) is 1. The Morgan fingerprint density at radius 1 is 1.24 bits per heavy atom. The van der Waals surface area contributed by atoms with Crippen molar-refractivity contribution in [3.8, 4) is 0 Å². The van der Waals surface area contributed by atoms with E-state index in [2.05, 4.69) is 17.2 Å². The second-order valence-corrected chi connectivity index (χ2v) is 4.43. The normalized spacial score (nSPS) is 15.6. The molecule has 3 nitrogen and oxygen atoms in total. The molecule has 0 bridgehead atoms. The van der Waals surface area contributed by atoms with Gasteiger partial charge in [-0.25, -0.2) is 4.99 Å². The molecule has 0 saturated carbocycles. The van der Waals surface area contributed by atoms with Crippen LogP contribution in [0.5, 0.6) is 0 Å². The molecule has 0 aromatic heterocycles. The molecule has 4 heteroatoms. The summed E-state index contributed by atoms with van der Waals surface area (Å²) in [6, 6.07) is 0. The molecule has 0 spiro atoms. The van der Waals surface area contributed by atoms with Crippen molar-refractivity contribution in [2.75, 3.05) is 20.2 Å². The standard InChI is InChI=1S/C13H23ClN2O/c1-6-9(2)11(4)16-13(14)12(8-17)10(3)7-15-5/h15,17H,6-8H2,1-5H3/b11-9?,12-10+,16-13?. The van der Waals surface area contributed by atoms with E-state index in [4.69, 9.17) is 11.6 Å². The Morgan fingerprint density at radius 2 is 1.82 bits per heavy atom. The van der Waals surface area contributed by atoms with E-state index in [9.17, 15) is 5.11 Å². The van der Waals surface area contributed by atoms with Crippen LogP contribution in [0.15, 0.2) is 27.4 Å². The van der Waals surface area contributed by atoms with Crippen LogP contribution in [0, 0.1) is 0 Å². The van der Waals surface area contributed by atoms with Crippen molar-refractivity contribution in [2.45, 2.75) is 34.1 Å². The van der Waals surface area contributed by atoms with Crippen molar-refractivity contribution >= 4 is 16.8 Å². The third-order valence-electron chi connectivity index (χ3n) is 2.78. The first kappa shape index (κ1) is 16.4. The van der Waals surface area contributed by atoms with Crippen molar-refractivity contribution in [1.82, 2.24) is 5.32 Å². The fourth-order valence-electron chi connectivity index (χ4n) is 1.31. The smallest absolute Gasteiger partial charge is 0.134 e. The number of likely N-dealkylation sites (N-methyl/N-ethyl adjacent to an activating group) is 1. The van der Waals surface area contributed by atoms with Gasteiger partial charge in [0.05, 0.1) is 6.61 Å². The number of halogens is 1. The number of aliphatic hydroxyl groups excluding tert-OH is 1. The maximum atomic E-state index is 9.34. The summed E-state index contributed by atoms with van der Waals surface area (Å²) in [6.45, 7) is 8.59. The maximum absolute atomic E-state index is 9.34. The summed E-state index contributed by atoms with van der Waals surface area (Å²) < 4.78 is 0. The highest BCUT2D eigenvalue weighted by atomic mass is 35.5. The van der Waals surface area contributed by atoms with Gasteiger partial charge in [-0.2, -0.15) is 0 Å². The van der Waals surface area contributed by atoms with Crippen LogP contribution < -0.4 is 5.32 Å². The molecule has 0 aromatic rings. The van der Waals surface area contributed by atoms with Gasteiger partial charge < -0.3 is 10.4 Å². The van der Waals surface area contributed by atoms with Gasteiger partial charge in [0.15, 0.2) is 0 Å². The highest BCUT2D eigenvalue weighted by molar-refractivity contribution is 6.69. The number of aliphatic imine (C=N–C) groups is 1. The Balaban J connectivity index is 5.19. The quantitative estimate of drug-likeness (QED) is 0.720. The number of aliphatic hydroxyl groups is 1. The molecule has 17 heavy (non-hydrogen) atoms. The van der Waals surface area contributed by atoms with Crippen LogP contribution in [0.1, 0.15) is 34.1 Å². The summed E-state index contributed by atoms with van der Waals surface area (Å²) in [5.41, 5.74) is 3.82. The molecule has 0 heterocycles. The average molecular weight is 259 g/mol. The van der Waals surface area contributed by atoms with Crippen LogP contribution in [-0.2, 0) is 0 Å². The zero-order chi connectivity index (χ0) is 13.4. The third kappa shape index (κ3) is 5.48. The van der Waals surface area contributed by atoms with Gasteiger partial charge in [-0.15, -0.1) is 0 Å². The predicted octanol–water partition coefficient (Wildman–Crippen LogP) is 2.86. The Bertz CT molecular complexity index is 343. The zero-order valence-corrected chi connectivity index (χ0v) is 12.1. The van der Waals surface area contributed by atoms with E-state index in [1.165, 1.54) is 5.57 Å². The molecule has 0 rings (SSSR count). The van der Waals surface area contributed by atoms with E-state index in [0.717, 1.165) is 17.7 Å². The molecular formula is C13H23ClN2O. The Labute approximate surface area is 109 Å². The Kier molecular flexibility index (Phi) is 8.13. The van der Waals surface area contributed by atoms with Crippen LogP contribution in [-0.4, -0.2) is 30.5 Å². The van der Waals surface area contributed by atoms with Crippen molar-refractivity contribution in [3.63, 3.8) is 0 Å². The van der Waals surface area contributed by atoms with Gasteiger partial charge in [-0.1, -0.05) is 29.7 Å². The molecule has 0 saturated heterocycles. The lowest BCUT2D eigenvalue weighted by atomic mass is 10.1. The number of nitrogens with zero attached hydrogens (tertiary/aromatic N) is 1. The van der Waals surface area contributed by atoms with E-state index in [1.807, 2.05) is 27.8 Å². The topological polar surface area (TPSA) is 44.6 Å². The molecule has 0 atom stereocenters. The summed E-state index contributed by atoms with van der Waals surface area (Å²) in [7, 11) is 1.86. The number of allylic oxidation sites excluding steroid dienone is 2. The molecule has 0 aliphatic carbocycles. The van der Waals surface area contributed by atoms with Crippen LogP contribution in [0.3, 0.4) is 0 Å². The van der Waals surface area contributed by atoms with Gasteiger partial charge in [0.2, 0.25) is 0 Å². The summed E-state index contributed by atoms with van der Waals surface area (Å²) in [5.74, 6) is 0. The molecule has 0 aliphatic rings. The highest BCUT2D eigenvalue weighted by Crippen LogP contribution is 2.14. The highest BCUT2D eigenvalue weighted by Gasteiger charge is 2.07. The molecule has 0 fully saturated rings. The van der Waals surface area contributed by atoms with Gasteiger partial charge in [0.1, 0.15) is 5.17 Å². The predicted molar refractivity (Wildman–Crippen MR) is 75.7 cm³/mol.